The number of fused-ring (bicyclic) bond motifs is 1. The highest BCUT2D eigenvalue weighted by Gasteiger charge is 2.26. The Labute approximate surface area is 321 Å². The standard InChI is InChI=1S/C33H42N10O12S/c1-56-15-22(32(54)55)35-12-2-3-19(29(48)49)39-23(44)10-8-20(30(50)51)40-24(45)11-9-21(31(52)53)41-27(46)16-4-6-17(7-5-16)36-13-18-14-37-26-25(38-18)28(47)43-33(34)42-26/h4-7,14,19-22,35-36H,2-3,8-13,15H2,1H3,(H,39,44)(H,40,45)(H,41,46)(H,48,49)(H,50,51)(H,52,53)(H,54,55)(H3,34,37,42,43,47). The predicted molar refractivity (Wildman–Crippen MR) is 200 cm³/mol. The van der Waals surface area contributed by atoms with Crippen LogP contribution in [0.2, 0.25) is 0 Å². The number of anilines is 2. The van der Waals surface area contributed by atoms with Gasteiger partial charge in [-0.05, 0) is 62.7 Å². The van der Waals surface area contributed by atoms with Crippen LogP contribution < -0.4 is 37.9 Å². The van der Waals surface area contributed by atoms with Crippen LogP contribution in [-0.2, 0) is 35.3 Å². The number of nitrogen functional groups attached to an aromatic ring is 1. The molecule has 302 valence electrons. The van der Waals surface area contributed by atoms with Crippen molar-refractivity contribution in [1.29, 1.82) is 0 Å². The maximum atomic E-state index is 12.8. The number of aliphatic carboxylic acids is 4. The summed E-state index contributed by atoms with van der Waals surface area (Å²) in [6.07, 6.45) is 1.54. The average molecular weight is 803 g/mol. The number of H-pyrrole nitrogens is 1. The minimum Gasteiger partial charge on any atom is -0.480 e. The van der Waals surface area contributed by atoms with Gasteiger partial charge in [-0.25, -0.2) is 24.4 Å². The molecule has 0 bridgehead atoms. The number of nitrogens with one attached hydrogen (secondary N) is 6. The Morgan fingerprint density at radius 1 is 0.786 bits per heavy atom. The number of hydrogen-bond donors (Lipinski definition) is 11. The maximum absolute atomic E-state index is 12.8. The first-order valence-electron chi connectivity index (χ1n) is 17.0. The zero-order valence-electron chi connectivity index (χ0n) is 29.9. The molecule has 22 nitrogen and oxygen atoms in total. The number of carbonyl (C=O) groups is 7. The van der Waals surface area contributed by atoms with Gasteiger partial charge in [0.1, 0.15) is 24.2 Å². The molecule has 0 saturated heterocycles. The number of aromatic amines is 1. The molecule has 2 aromatic heterocycles. The van der Waals surface area contributed by atoms with Crippen molar-refractivity contribution in [2.75, 3.05) is 29.6 Å². The molecule has 3 amide bonds. The third-order valence-corrected chi connectivity index (χ3v) is 8.66. The lowest BCUT2D eigenvalue weighted by atomic mass is 10.1. The lowest BCUT2D eigenvalue weighted by Crippen LogP contribution is -2.45. The molecule has 0 radical (unpaired) electrons. The van der Waals surface area contributed by atoms with Crippen molar-refractivity contribution in [3.63, 3.8) is 0 Å². The Bertz CT molecular complexity index is 1960. The fourth-order valence-electron chi connectivity index (χ4n) is 5.05. The van der Waals surface area contributed by atoms with Gasteiger partial charge in [0.2, 0.25) is 17.8 Å². The number of hydrogen-bond acceptors (Lipinski definition) is 15. The molecular weight excluding hydrogens is 760 g/mol. The predicted octanol–water partition coefficient (Wildman–Crippen LogP) is -1.02. The first kappa shape index (κ1) is 44.0. The van der Waals surface area contributed by atoms with E-state index in [0.29, 0.717) is 17.1 Å². The van der Waals surface area contributed by atoms with Crippen LogP contribution >= 0.6 is 11.8 Å². The van der Waals surface area contributed by atoms with E-state index in [9.17, 15) is 58.8 Å². The van der Waals surface area contributed by atoms with Gasteiger partial charge in [0.05, 0.1) is 18.4 Å². The SMILES string of the molecule is CSCC(NCCCC(NC(=O)CCC(NC(=O)CCC(NC(=O)c1ccc(NCc2cnc3nc(N)[nH]c(=O)c3n2)cc1)C(=O)O)C(=O)O)C(=O)O)C(=O)O. The quantitative estimate of drug-likeness (QED) is 0.0483. The lowest BCUT2D eigenvalue weighted by Gasteiger charge is -2.18. The molecule has 3 aromatic rings. The maximum Gasteiger partial charge on any atom is 0.326 e. The monoisotopic (exact) mass is 802 g/mol. The average Bonchev–Trinajstić information content (AvgIpc) is 3.14. The summed E-state index contributed by atoms with van der Waals surface area (Å²) in [6, 6.07) is 0.677. The summed E-state index contributed by atoms with van der Waals surface area (Å²) in [4.78, 5) is 111. The van der Waals surface area contributed by atoms with Gasteiger partial charge in [-0.3, -0.25) is 29.0 Å². The minimum atomic E-state index is -1.57. The fourth-order valence-corrected chi connectivity index (χ4v) is 5.65. The molecule has 1 aromatic carbocycles. The molecule has 0 saturated carbocycles. The highest BCUT2D eigenvalue weighted by Crippen LogP contribution is 2.13. The number of nitrogens with two attached hydrogens (primary N) is 1. The Kier molecular flexibility index (Phi) is 16.9. The van der Waals surface area contributed by atoms with Crippen LogP contribution in [0.4, 0.5) is 11.6 Å². The molecule has 3 rings (SSSR count). The number of nitrogens with zero attached hydrogens (tertiary/aromatic N) is 3. The highest BCUT2D eigenvalue weighted by atomic mass is 32.2. The summed E-state index contributed by atoms with van der Waals surface area (Å²) >= 11 is 1.32. The number of amides is 3. The first-order valence-corrected chi connectivity index (χ1v) is 18.4. The van der Waals surface area contributed by atoms with E-state index in [1.54, 1.807) is 18.4 Å². The van der Waals surface area contributed by atoms with E-state index in [1.165, 1.54) is 30.1 Å². The Hall–Kier alpha value is -6.36. The van der Waals surface area contributed by atoms with E-state index in [-0.39, 0.29) is 48.6 Å². The molecular formula is C33H42N10O12S. The second-order valence-electron chi connectivity index (χ2n) is 12.2. The molecule has 0 aliphatic rings. The van der Waals surface area contributed by atoms with Gasteiger partial charge in [-0.15, -0.1) is 0 Å². The van der Waals surface area contributed by atoms with Crippen molar-refractivity contribution in [3.8, 4) is 0 Å². The highest BCUT2D eigenvalue weighted by molar-refractivity contribution is 7.98. The topological polar surface area (TPSA) is 358 Å². The summed E-state index contributed by atoms with van der Waals surface area (Å²) in [5, 5.41) is 50.6. The Morgan fingerprint density at radius 3 is 1.89 bits per heavy atom. The molecule has 2 heterocycles. The third-order valence-electron chi connectivity index (χ3n) is 7.99. The molecule has 4 unspecified atom stereocenters. The molecule has 0 aliphatic carbocycles. The molecule has 23 heteroatoms. The molecule has 4 atom stereocenters. The number of carboxylic acid groups (broad SMARTS) is 4. The van der Waals surface area contributed by atoms with E-state index in [2.05, 4.69) is 46.5 Å². The van der Waals surface area contributed by atoms with Gasteiger partial charge in [0, 0.05) is 29.8 Å². The zero-order valence-corrected chi connectivity index (χ0v) is 30.8. The Balaban J connectivity index is 1.45. The fraction of sp³-hybridized carbons (Fsp3) is 0.424. The summed E-state index contributed by atoms with van der Waals surface area (Å²) < 4.78 is 0. The van der Waals surface area contributed by atoms with E-state index in [1.807, 2.05) is 0 Å². The summed E-state index contributed by atoms with van der Waals surface area (Å²) in [5.41, 5.74) is 6.10. The van der Waals surface area contributed by atoms with Crippen molar-refractivity contribution >= 4 is 76.2 Å². The van der Waals surface area contributed by atoms with Gasteiger partial charge in [-0.2, -0.15) is 16.7 Å². The van der Waals surface area contributed by atoms with E-state index >= 15 is 0 Å². The van der Waals surface area contributed by atoms with Crippen molar-refractivity contribution in [2.24, 2.45) is 0 Å². The first-order chi connectivity index (χ1) is 26.6. The van der Waals surface area contributed by atoms with Crippen molar-refractivity contribution in [2.45, 2.75) is 69.2 Å². The summed E-state index contributed by atoms with van der Waals surface area (Å²) in [6.45, 7) is 0.326. The van der Waals surface area contributed by atoms with Crippen LogP contribution in [0.15, 0.2) is 35.3 Å². The van der Waals surface area contributed by atoms with E-state index in [4.69, 9.17) is 5.73 Å². The zero-order chi connectivity index (χ0) is 41.4. The van der Waals surface area contributed by atoms with Crippen LogP contribution in [0.25, 0.3) is 11.2 Å². The van der Waals surface area contributed by atoms with Gasteiger partial charge in [0.25, 0.3) is 11.5 Å². The van der Waals surface area contributed by atoms with Gasteiger partial charge >= 0.3 is 23.9 Å². The van der Waals surface area contributed by atoms with Gasteiger partial charge in [0.15, 0.2) is 11.2 Å². The van der Waals surface area contributed by atoms with E-state index in [0.717, 1.165) is 0 Å². The van der Waals surface area contributed by atoms with Crippen LogP contribution in [0.1, 0.15) is 54.6 Å². The van der Waals surface area contributed by atoms with Gasteiger partial charge in [-0.1, -0.05) is 0 Å². The minimum absolute atomic E-state index is 0.00405. The second kappa shape index (κ2) is 21.5. The van der Waals surface area contributed by atoms with Gasteiger partial charge < -0.3 is 52.7 Å². The van der Waals surface area contributed by atoms with Crippen LogP contribution in [0.5, 0.6) is 0 Å². The number of carboxylic acids is 4. The molecule has 0 aliphatic heterocycles. The second-order valence-corrected chi connectivity index (χ2v) is 13.1. The summed E-state index contributed by atoms with van der Waals surface area (Å²) in [5.74, 6) is -7.56. The number of benzene rings is 1. The number of aromatic nitrogens is 4. The smallest absolute Gasteiger partial charge is 0.326 e. The Morgan fingerprint density at radius 2 is 1.34 bits per heavy atom. The van der Waals surface area contributed by atoms with Crippen molar-refractivity contribution in [1.82, 2.24) is 41.2 Å². The van der Waals surface area contributed by atoms with Crippen LogP contribution in [0.3, 0.4) is 0 Å². The lowest BCUT2D eigenvalue weighted by molar-refractivity contribution is -0.143. The van der Waals surface area contributed by atoms with Crippen LogP contribution in [0, 0.1) is 0 Å². The largest absolute Gasteiger partial charge is 0.480 e. The number of rotatable bonds is 24. The van der Waals surface area contributed by atoms with E-state index < -0.39 is 97.0 Å². The van der Waals surface area contributed by atoms with Crippen LogP contribution in [-0.4, -0.2) is 125 Å². The molecule has 12 N–H and O–H groups in total. The van der Waals surface area contributed by atoms with Crippen molar-refractivity contribution in [3.05, 3.63) is 52.1 Å². The molecule has 0 spiro atoms. The molecule has 56 heavy (non-hydrogen) atoms. The number of thioether (sulfide) groups is 1. The normalized spacial score (nSPS) is 13.1. The number of carbonyl (C=O) groups excluding carboxylic acids is 3. The third kappa shape index (κ3) is 14.1. The van der Waals surface area contributed by atoms with Crippen molar-refractivity contribution < 1.29 is 54.0 Å². The molecule has 0 fully saturated rings. The summed E-state index contributed by atoms with van der Waals surface area (Å²) in [7, 11) is 0.